The van der Waals surface area contributed by atoms with E-state index in [2.05, 4.69) is 0 Å². The molecule has 1 fully saturated rings. The molecule has 0 aromatic carbocycles. The number of hydrogen-bond acceptors (Lipinski definition) is 5. The van der Waals surface area contributed by atoms with Crippen LogP contribution in [0.2, 0.25) is 0 Å². The Hall–Kier alpha value is -0.785. The van der Waals surface area contributed by atoms with Crippen molar-refractivity contribution in [1.82, 2.24) is 5.43 Å². The molecule has 1 aliphatic rings. The molecule has 2 radical (unpaired) electrons. The number of nitrogens with one attached hydrogen (secondary N) is 1. The third-order valence-electron chi connectivity index (χ3n) is 1.79. The number of amides is 1. The number of carbonyl (C=O) groups is 1. The largest absolute Gasteiger partial charge is 0.442 e. The lowest BCUT2D eigenvalue weighted by atomic mass is 9.96. The lowest BCUT2D eigenvalue weighted by molar-refractivity contribution is -0.0116. The minimum Gasteiger partial charge on any atom is -0.442 e. The molecule has 0 spiro atoms. The van der Waals surface area contributed by atoms with Crippen LogP contribution in [0.3, 0.4) is 0 Å². The molecule has 0 bridgehead atoms. The minimum atomic E-state index is -0.763. The highest BCUT2D eigenvalue weighted by atomic mass is 16.6. The van der Waals surface area contributed by atoms with E-state index in [-0.39, 0.29) is 6.61 Å². The van der Waals surface area contributed by atoms with Crippen LogP contribution in [-0.4, -0.2) is 43.9 Å². The van der Waals surface area contributed by atoms with Gasteiger partial charge in [-0.15, -0.1) is 0 Å². The summed E-state index contributed by atoms with van der Waals surface area (Å²) in [5.41, 5.74) is 1.81. The van der Waals surface area contributed by atoms with Gasteiger partial charge in [0.25, 0.3) is 0 Å². The van der Waals surface area contributed by atoms with Gasteiger partial charge >= 0.3 is 6.09 Å². The zero-order chi connectivity index (χ0) is 9.84. The van der Waals surface area contributed by atoms with E-state index in [1.807, 2.05) is 5.43 Å². The second kappa shape index (κ2) is 4.45. The van der Waals surface area contributed by atoms with Gasteiger partial charge < -0.3 is 14.6 Å². The maximum atomic E-state index is 10.7. The van der Waals surface area contributed by atoms with E-state index in [9.17, 15) is 4.79 Å². The van der Waals surface area contributed by atoms with Crippen molar-refractivity contribution in [1.29, 1.82) is 0 Å². The van der Waals surface area contributed by atoms with Gasteiger partial charge in [0.1, 0.15) is 20.1 Å². The van der Waals surface area contributed by atoms with Crippen molar-refractivity contribution in [2.45, 2.75) is 24.6 Å². The molecule has 0 unspecified atom stereocenters. The van der Waals surface area contributed by atoms with Gasteiger partial charge in [-0.05, 0) is 0 Å². The van der Waals surface area contributed by atoms with E-state index in [1.165, 1.54) is 0 Å². The van der Waals surface area contributed by atoms with E-state index < -0.39 is 24.3 Å². The molecule has 1 amide bonds. The van der Waals surface area contributed by atoms with Crippen molar-refractivity contribution < 1.29 is 19.4 Å². The molecule has 0 saturated carbocycles. The number of nitrogens with two attached hydrogens (primary N) is 1. The fraction of sp³-hybridized carbons (Fsp3) is 0.833. The number of rotatable bonds is 2. The number of aliphatic hydroxyl groups excluding tert-OH is 1. The summed E-state index contributed by atoms with van der Waals surface area (Å²) in [4.78, 5) is 10.7. The zero-order valence-electron chi connectivity index (χ0n) is 6.97. The van der Waals surface area contributed by atoms with E-state index in [0.29, 0.717) is 6.42 Å². The summed E-state index contributed by atoms with van der Waals surface area (Å²) in [6.07, 6.45) is -1.50. The van der Waals surface area contributed by atoms with E-state index in [0.717, 1.165) is 0 Å². The van der Waals surface area contributed by atoms with Crippen LogP contribution in [0.1, 0.15) is 6.42 Å². The Kier molecular flexibility index (Phi) is 3.53. The van der Waals surface area contributed by atoms with Gasteiger partial charge in [-0.25, -0.2) is 10.6 Å². The van der Waals surface area contributed by atoms with Crippen molar-refractivity contribution in [3.63, 3.8) is 0 Å². The Morgan fingerprint density at radius 3 is 3.08 bits per heavy atom. The fourth-order valence-corrected chi connectivity index (χ4v) is 1.20. The molecular formula is C6H11BN2O4. The van der Waals surface area contributed by atoms with Gasteiger partial charge in [-0.1, -0.05) is 0 Å². The lowest BCUT2D eigenvalue weighted by Crippen LogP contribution is -2.37. The third kappa shape index (κ3) is 2.58. The molecule has 0 aromatic heterocycles. The first-order valence-corrected chi connectivity index (χ1v) is 3.86. The quantitative estimate of drug-likeness (QED) is 0.205. The third-order valence-corrected chi connectivity index (χ3v) is 1.79. The van der Waals surface area contributed by atoms with Gasteiger partial charge in [0, 0.05) is 12.4 Å². The molecule has 0 aromatic rings. The molecule has 4 N–H and O–H groups in total. The monoisotopic (exact) mass is 186 g/mol. The molecule has 6 nitrogen and oxygen atoms in total. The van der Waals surface area contributed by atoms with Gasteiger partial charge in [-0.2, -0.15) is 0 Å². The highest BCUT2D eigenvalue weighted by molar-refractivity contribution is 6.11. The first-order chi connectivity index (χ1) is 6.17. The maximum Gasteiger partial charge on any atom is 0.421 e. The Morgan fingerprint density at radius 1 is 1.85 bits per heavy atom. The number of aliphatic hydroxyl groups is 1. The van der Waals surface area contributed by atoms with Crippen LogP contribution < -0.4 is 11.3 Å². The summed E-state index contributed by atoms with van der Waals surface area (Å²) in [5.74, 6) is 4.81. The zero-order valence-corrected chi connectivity index (χ0v) is 6.97. The van der Waals surface area contributed by atoms with Crippen molar-refractivity contribution in [2.24, 2.45) is 5.84 Å². The summed E-state index contributed by atoms with van der Waals surface area (Å²) >= 11 is 0. The Bertz CT molecular complexity index is 191. The fourth-order valence-electron chi connectivity index (χ4n) is 1.20. The predicted molar refractivity (Wildman–Crippen MR) is 43.7 cm³/mol. The van der Waals surface area contributed by atoms with Crippen molar-refractivity contribution in [2.75, 3.05) is 6.61 Å². The standard InChI is InChI=1S/C6H11BN2O4/c7-5-1-3(4(2-10)12-5)13-6(11)9-8/h3-5,10H,1-2,8H2,(H,9,11)/t3-,4-,5-/m1/s1. The highest BCUT2D eigenvalue weighted by Crippen LogP contribution is 2.20. The lowest BCUT2D eigenvalue weighted by Gasteiger charge is -2.16. The topological polar surface area (TPSA) is 93.8 Å². The van der Waals surface area contributed by atoms with E-state index in [4.69, 9.17) is 28.3 Å². The van der Waals surface area contributed by atoms with Crippen LogP contribution in [0.5, 0.6) is 0 Å². The summed E-state index contributed by atoms with van der Waals surface area (Å²) in [6.45, 7) is -0.240. The highest BCUT2D eigenvalue weighted by Gasteiger charge is 2.34. The predicted octanol–water partition coefficient (Wildman–Crippen LogP) is -1.77. The molecule has 7 heteroatoms. The number of hydrogen-bond donors (Lipinski definition) is 3. The number of hydrazine groups is 1. The van der Waals surface area contributed by atoms with E-state index in [1.54, 1.807) is 0 Å². The van der Waals surface area contributed by atoms with E-state index >= 15 is 0 Å². The van der Waals surface area contributed by atoms with Gasteiger partial charge in [0.2, 0.25) is 0 Å². The Morgan fingerprint density at radius 2 is 2.54 bits per heavy atom. The minimum absolute atomic E-state index is 0.240. The van der Waals surface area contributed by atoms with Crippen molar-refractivity contribution in [3.8, 4) is 0 Å². The molecule has 1 heterocycles. The maximum absolute atomic E-state index is 10.7. The summed E-state index contributed by atoms with van der Waals surface area (Å²) in [7, 11) is 5.43. The van der Waals surface area contributed by atoms with Crippen molar-refractivity contribution >= 4 is 13.9 Å². The molecule has 1 aliphatic heterocycles. The summed E-state index contributed by atoms with van der Waals surface area (Å²) in [5, 5.41) is 8.82. The smallest absolute Gasteiger partial charge is 0.421 e. The van der Waals surface area contributed by atoms with Gasteiger partial charge in [0.15, 0.2) is 0 Å². The van der Waals surface area contributed by atoms with Crippen LogP contribution in [0, 0.1) is 0 Å². The SMILES string of the molecule is [B][C@H]1C[C@@H](OC(=O)NN)[C@@H](CO)O1. The Balaban J connectivity index is 2.43. The molecule has 1 rings (SSSR count). The van der Waals surface area contributed by atoms with Crippen LogP contribution >= 0.6 is 0 Å². The number of carbonyl (C=O) groups excluding carboxylic acids is 1. The average Bonchev–Trinajstić information content (AvgIpc) is 2.46. The molecule has 72 valence electrons. The molecule has 0 aliphatic carbocycles. The first-order valence-electron chi connectivity index (χ1n) is 3.86. The normalized spacial score (nSPS) is 32.9. The molecule has 3 atom stereocenters. The summed E-state index contributed by atoms with van der Waals surface area (Å²) < 4.78 is 9.84. The van der Waals surface area contributed by atoms with Crippen LogP contribution in [0.25, 0.3) is 0 Å². The Labute approximate surface area is 76.8 Å². The van der Waals surface area contributed by atoms with Crippen molar-refractivity contribution in [3.05, 3.63) is 0 Å². The van der Waals surface area contributed by atoms with Crippen LogP contribution in [-0.2, 0) is 9.47 Å². The van der Waals surface area contributed by atoms with Crippen LogP contribution in [0.4, 0.5) is 4.79 Å². The average molecular weight is 186 g/mol. The molecule has 13 heavy (non-hydrogen) atoms. The second-order valence-corrected chi connectivity index (χ2v) is 2.72. The van der Waals surface area contributed by atoms with Gasteiger partial charge in [-0.3, -0.25) is 5.43 Å². The van der Waals surface area contributed by atoms with Crippen LogP contribution in [0.15, 0.2) is 0 Å². The first kappa shape index (κ1) is 10.3. The molecular weight excluding hydrogens is 175 g/mol. The number of ether oxygens (including phenoxy) is 2. The molecule has 1 saturated heterocycles. The summed E-state index contributed by atoms with van der Waals surface area (Å²) in [6, 6.07) is -0.507. The second-order valence-electron chi connectivity index (χ2n) is 2.72. The van der Waals surface area contributed by atoms with Gasteiger partial charge in [0.05, 0.1) is 6.61 Å².